The average molecular weight is 155 g/mol. The van der Waals surface area contributed by atoms with Crippen LogP contribution in [0, 0.1) is 0 Å². The van der Waals surface area contributed by atoms with Gasteiger partial charge in [0.1, 0.15) is 5.54 Å². The SMILES string of the molecule is O=C1NCNC12CCNCC2. The summed E-state index contributed by atoms with van der Waals surface area (Å²) in [6.45, 7) is 2.53. The van der Waals surface area contributed by atoms with E-state index < -0.39 is 0 Å². The maximum atomic E-state index is 11.3. The molecule has 4 nitrogen and oxygen atoms in total. The van der Waals surface area contributed by atoms with Gasteiger partial charge in [0.05, 0.1) is 6.67 Å². The predicted octanol–water partition coefficient (Wildman–Crippen LogP) is -1.21. The molecule has 11 heavy (non-hydrogen) atoms. The quantitative estimate of drug-likeness (QED) is 0.411. The van der Waals surface area contributed by atoms with Crippen molar-refractivity contribution in [3.8, 4) is 0 Å². The summed E-state index contributed by atoms with van der Waals surface area (Å²) in [7, 11) is 0. The highest BCUT2D eigenvalue weighted by Gasteiger charge is 2.42. The first kappa shape index (κ1) is 7.06. The second kappa shape index (κ2) is 2.46. The van der Waals surface area contributed by atoms with Gasteiger partial charge < -0.3 is 10.6 Å². The fraction of sp³-hybridized carbons (Fsp3) is 0.857. The van der Waals surface area contributed by atoms with E-state index in [2.05, 4.69) is 16.0 Å². The van der Waals surface area contributed by atoms with Crippen LogP contribution in [0.25, 0.3) is 0 Å². The highest BCUT2D eigenvalue weighted by Crippen LogP contribution is 2.20. The van der Waals surface area contributed by atoms with Crippen molar-refractivity contribution in [3.05, 3.63) is 0 Å². The lowest BCUT2D eigenvalue weighted by molar-refractivity contribution is -0.124. The third kappa shape index (κ3) is 1.02. The van der Waals surface area contributed by atoms with Gasteiger partial charge in [-0.25, -0.2) is 0 Å². The van der Waals surface area contributed by atoms with Crippen LogP contribution < -0.4 is 16.0 Å². The van der Waals surface area contributed by atoms with E-state index in [-0.39, 0.29) is 11.4 Å². The molecule has 2 rings (SSSR count). The van der Waals surface area contributed by atoms with Gasteiger partial charge in [-0.05, 0) is 25.9 Å². The van der Waals surface area contributed by atoms with Crippen LogP contribution in [0.4, 0.5) is 0 Å². The molecule has 2 fully saturated rings. The van der Waals surface area contributed by atoms with E-state index in [0.717, 1.165) is 25.9 Å². The zero-order valence-corrected chi connectivity index (χ0v) is 6.44. The van der Waals surface area contributed by atoms with Gasteiger partial charge in [0.2, 0.25) is 5.91 Å². The van der Waals surface area contributed by atoms with Crippen LogP contribution in [0.2, 0.25) is 0 Å². The van der Waals surface area contributed by atoms with E-state index in [1.807, 2.05) is 0 Å². The Labute approximate surface area is 65.7 Å². The lowest BCUT2D eigenvalue weighted by Crippen LogP contribution is -2.53. The number of hydrogen-bond donors (Lipinski definition) is 3. The third-order valence-electron chi connectivity index (χ3n) is 2.57. The molecule has 0 aliphatic carbocycles. The molecule has 1 spiro atoms. The standard InChI is InChI=1S/C7H13N3O/c11-6-7(10-5-9-6)1-3-8-4-2-7/h8,10H,1-5H2,(H,9,11). The Morgan fingerprint density at radius 2 is 2.00 bits per heavy atom. The first-order valence-corrected chi connectivity index (χ1v) is 4.08. The molecule has 0 radical (unpaired) electrons. The lowest BCUT2D eigenvalue weighted by Gasteiger charge is -2.30. The van der Waals surface area contributed by atoms with E-state index in [4.69, 9.17) is 0 Å². The van der Waals surface area contributed by atoms with Gasteiger partial charge in [-0.3, -0.25) is 10.1 Å². The summed E-state index contributed by atoms with van der Waals surface area (Å²) in [4.78, 5) is 11.3. The van der Waals surface area contributed by atoms with Crippen molar-refractivity contribution in [2.75, 3.05) is 19.8 Å². The molecule has 62 valence electrons. The Hall–Kier alpha value is -0.610. The summed E-state index contributed by atoms with van der Waals surface area (Å²) in [5.74, 6) is 0.180. The molecule has 2 heterocycles. The van der Waals surface area contributed by atoms with Gasteiger partial charge in [0.25, 0.3) is 0 Å². The third-order valence-corrected chi connectivity index (χ3v) is 2.57. The zero-order valence-electron chi connectivity index (χ0n) is 6.44. The number of carbonyl (C=O) groups excluding carboxylic acids is 1. The molecule has 0 aromatic carbocycles. The van der Waals surface area contributed by atoms with Crippen molar-refractivity contribution >= 4 is 5.91 Å². The molecule has 0 bridgehead atoms. The smallest absolute Gasteiger partial charge is 0.241 e. The van der Waals surface area contributed by atoms with Gasteiger partial charge in [-0.15, -0.1) is 0 Å². The van der Waals surface area contributed by atoms with Crippen molar-refractivity contribution < 1.29 is 4.79 Å². The largest absolute Gasteiger partial charge is 0.342 e. The highest BCUT2D eigenvalue weighted by atomic mass is 16.2. The first-order chi connectivity index (χ1) is 5.33. The monoisotopic (exact) mass is 155 g/mol. The Morgan fingerprint density at radius 3 is 2.55 bits per heavy atom. The lowest BCUT2D eigenvalue weighted by atomic mass is 9.89. The van der Waals surface area contributed by atoms with Gasteiger partial charge in [-0.2, -0.15) is 0 Å². The molecular weight excluding hydrogens is 142 g/mol. The maximum absolute atomic E-state index is 11.3. The van der Waals surface area contributed by atoms with Crippen LogP contribution in [0.15, 0.2) is 0 Å². The number of hydrogen-bond acceptors (Lipinski definition) is 3. The van der Waals surface area contributed by atoms with Gasteiger partial charge in [-0.1, -0.05) is 0 Å². The van der Waals surface area contributed by atoms with Crippen molar-refractivity contribution in [2.24, 2.45) is 0 Å². The van der Waals surface area contributed by atoms with Crippen LogP contribution in [0.5, 0.6) is 0 Å². The summed E-state index contributed by atoms with van der Waals surface area (Å²) in [5.41, 5.74) is -0.231. The zero-order chi connectivity index (χ0) is 7.73. The van der Waals surface area contributed by atoms with Crippen LogP contribution in [-0.4, -0.2) is 31.2 Å². The van der Waals surface area contributed by atoms with E-state index >= 15 is 0 Å². The molecule has 3 N–H and O–H groups in total. The van der Waals surface area contributed by atoms with Gasteiger partial charge >= 0.3 is 0 Å². The summed E-state index contributed by atoms with van der Waals surface area (Å²) >= 11 is 0. The minimum atomic E-state index is -0.231. The Bertz CT molecular complexity index is 175. The predicted molar refractivity (Wildman–Crippen MR) is 41.0 cm³/mol. The van der Waals surface area contributed by atoms with Crippen molar-refractivity contribution in [2.45, 2.75) is 18.4 Å². The van der Waals surface area contributed by atoms with Gasteiger partial charge in [0.15, 0.2) is 0 Å². The molecule has 1 amide bonds. The fourth-order valence-electron chi connectivity index (χ4n) is 1.80. The molecule has 0 aromatic heterocycles. The number of amides is 1. The normalized spacial score (nSPS) is 28.9. The van der Waals surface area contributed by atoms with Crippen molar-refractivity contribution in [3.63, 3.8) is 0 Å². The van der Waals surface area contributed by atoms with Crippen LogP contribution in [0.1, 0.15) is 12.8 Å². The van der Waals surface area contributed by atoms with E-state index in [1.54, 1.807) is 0 Å². The van der Waals surface area contributed by atoms with E-state index in [0.29, 0.717) is 6.67 Å². The minimum Gasteiger partial charge on any atom is -0.342 e. The average Bonchev–Trinajstić information content (AvgIpc) is 2.36. The van der Waals surface area contributed by atoms with E-state index in [1.165, 1.54) is 0 Å². The van der Waals surface area contributed by atoms with E-state index in [9.17, 15) is 4.79 Å². The molecule has 0 unspecified atom stereocenters. The fourth-order valence-corrected chi connectivity index (χ4v) is 1.80. The Morgan fingerprint density at radius 1 is 1.27 bits per heavy atom. The number of nitrogens with one attached hydrogen (secondary N) is 3. The highest BCUT2D eigenvalue weighted by molar-refractivity contribution is 5.88. The molecule has 2 aliphatic rings. The molecular formula is C7H13N3O. The second-order valence-corrected chi connectivity index (χ2v) is 3.19. The Kier molecular flexibility index (Phi) is 1.58. The molecule has 0 saturated carbocycles. The number of carbonyl (C=O) groups is 1. The number of piperidine rings is 1. The molecule has 0 atom stereocenters. The van der Waals surface area contributed by atoms with Crippen molar-refractivity contribution in [1.82, 2.24) is 16.0 Å². The van der Waals surface area contributed by atoms with Crippen LogP contribution in [-0.2, 0) is 4.79 Å². The molecule has 4 heteroatoms. The number of rotatable bonds is 0. The van der Waals surface area contributed by atoms with Crippen molar-refractivity contribution in [1.29, 1.82) is 0 Å². The summed E-state index contributed by atoms with van der Waals surface area (Å²) in [6.07, 6.45) is 1.83. The topological polar surface area (TPSA) is 53.2 Å². The minimum absolute atomic E-state index is 0.180. The summed E-state index contributed by atoms with van der Waals surface area (Å²) in [5, 5.41) is 9.26. The molecule has 2 saturated heterocycles. The Balaban J connectivity index is 2.12. The summed E-state index contributed by atoms with van der Waals surface area (Å²) < 4.78 is 0. The van der Waals surface area contributed by atoms with Crippen LogP contribution in [0.3, 0.4) is 0 Å². The summed E-state index contributed by atoms with van der Waals surface area (Å²) in [6, 6.07) is 0. The maximum Gasteiger partial charge on any atom is 0.241 e. The van der Waals surface area contributed by atoms with Gasteiger partial charge in [0, 0.05) is 0 Å². The van der Waals surface area contributed by atoms with Crippen LogP contribution >= 0.6 is 0 Å². The molecule has 2 aliphatic heterocycles. The molecule has 0 aromatic rings. The first-order valence-electron chi connectivity index (χ1n) is 4.08. The second-order valence-electron chi connectivity index (χ2n) is 3.19.